The zero-order valence-electron chi connectivity index (χ0n) is 12.5. The van der Waals surface area contributed by atoms with Crippen LogP contribution in [0.2, 0.25) is 0 Å². The standard InChI is InChI=1S/C13H21N3O4S/c1-4-15-9-11(7-12(15)13(17)18)21(19,20)16-6-5-10(8-16)14(2)3/h7,9-10H,4-6,8H2,1-3H3,(H,17,18). The highest BCUT2D eigenvalue weighted by atomic mass is 32.2. The number of carbonyl (C=O) groups is 1. The van der Waals surface area contributed by atoms with Crippen LogP contribution in [-0.2, 0) is 16.6 Å². The van der Waals surface area contributed by atoms with Gasteiger partial charge in [0, 0.05) is 31.9 Å². The van der Waals surface area contributed by atoms with E-state index < -0.39 is 16.0 Å². The quantitative estimate of drug-likeness (QED) is 0.857. The van der Waals surface area contributed by atoms with Crippen LogP contribution < -0.4 is 0 Å². The second kappa shape index (κ2) is 5.78. The molecule has 8 heteroatoms. The van der Waals surface area contributed by atoms with Crippen LogP contribution in [-0.4, -0.2) is 66.5 Å². The van der Waals surface area contributed by atoms with Gasteiger partial charge in [0.15, 0.2) is 0 Å². The number of aryl methyl sites for hydroxylation is 1. The first kappa shape index (κ1) is 16.0. The third-order valence-corrected chi connectivity index (χ3v) is 5.76. The zero-order chi connectivity index (χ0) is 15.8. The fourth-order valence-corrected chi connectivity index (χ4v) is 4.10. The molecule has 0 aromatic carbocycles. The first-order chi connectivity index (χ1) is 9.77. The zero-order valence-corrected chi connectivity index (χ0v) is 13.3. The van der Waals surface area contributed by atoms with E-state index in [-0.39, 0.29) is 16.6 Å². The fraction of sp³-hybridized carbons (Fsp3) is 0.615. The van der Waals surface area contributed by atoms with E-state index in [4.69, 9.17) is 5.11 Å². The molecule has 0 amide bonds. The molecular formula is C13H21N3O4S. The van der Waals surface area contributed by atoms with Crippen LogP contribution in [0.3, 0.4) is 0 Å². The van der Waals surface area contributed by atoms with Crippen LogP contribution in [0.15, 0.2) is 17.2 Å². The normalized spacial score (nSPS) is 20.3. The Bertz CT molecular complexity index is 636. The van der Waals surface area contributed by atoms with E-state index in [1.165, 1.54) is 21.1 Å². The van der Waals surface area contributed by atoms with Crippen molar-refractivity contribution >= 4 is 16.0 Å². The van der Waals surface area contributed by atoms with Gasteiger partial charge in [0.1, 0.15) is 10.6 Å². The maximum Gasteiger partial charge on any atom is 0.352 e. The number of carboxylic acids is 1. The minimum absolute atomic E-state index is 0.000526. The predicted molar refractivity (Wildman–Crippen MR) is 77.9 cm³/mol. The summed E-state index contributed by atoms with van der Waals surface area (Å²) in [4.78, 5) is 13.2. The molecule has 1 fully saturated rings. The molecule has 2 rings (SSSR count). The SMILES string of the molecule is CCn1cc(S(=O)(=O)N2CCC(N(C)C)C2)cc1C(=O)O. The molecule has 1 aliphatic rings. The van der Waals surface area contributed by atoms with Crippen LogP contribution in [0.1, 0.15) is 23.8 Å². The topological polar surface area (TPSA) is 82.9 Å². The largest absolute Gasteiger partial charge is 0.477 e. The monoisotopic (exact) mass is 315 g/mol. The van der Waals surface area contributed by atoms with Gasteiger partial charge in [-0.3, -0.25) is 0 Å². The molecule has 1 atom stereocenters. The maximum atomic E-state index is 12.6. The summed E-state index contributed by atoms with van der Waals surface area (Å²) >= 11 is 0. The Hall–Kier alpha value is -1.38. The van der Waals surface area contributed by atoms with E-state index in [0.717, 1.165) is 6.42 Å². The van der Waals surface area contributed by atoms with Crippen molar-refractivity contribution in [1.82, 2.24) is 13.8 Å². The summed E-state index contributed by atoms with van der Waals surface area (Å²) in [6, 6.07) is 1.44. The van der Waals surface area contributed by atoms with E-state index >= 15 is 0 Å². The maximum absolute atomic E-state index is 12.6. The number of aromatic nitrogens is 1. The van der Waals surface area contributed by atoms with Gasteiger partial charge in [0.2, 0.25) is 10.0 Å². The van der Waals surface area contributed by atoms with Gasteiger partial charge in [-0.2, -0.15) is 4.31 Å². The Morgan fingerprint density at radius 1 is 1.48 bits per heavy atom. The van der Waals surface area contributed by atoms with Crippen LogP contribution in [0.25, 0.3) is 0 Å². The number of aromatic carboxylic acids is 1. The lowest BCUT2D eigenvalue weighted by Gasteiger charge is -2.19. The van der Waals surface area contributed by atoms with Crippen molar-refractivity contribution in [3.63, 3.8) is 0 Å². The summed E-state index contributed by atoms with van der Waals surface area (Å²) in [5.74, 6) is -1.12. The number of hydrogen-bond donors (Lipinski definition) is 1. The van der Waals surface area contributed by atoms with Gasteiger partial charge in [-0.15, -0.1) is 0 Å². The number of likely N-dealkylation sites (N-methyl/N-ethyl adjacent to an activating group) is 1. The second-order valence-corrected chi connectivity index (χ2v) is 7.36. The van der Waals surface area contributed by atoms with Crippen LogP contribution in [0.4, 0.5) is 0 Å². The lowest BCUT2D eigenvalue weighted by molar-refractivity contribution is 0.0685. The number of nitrogens with zero attached hydrogens (tertiary/aromatic N) is 3. The first-order valence-corrected chi connectivity index (χ1v) is 8.31. The van der Waals surface area contributed by atoms with E-state index in [2.05, 4.69) is 0 Å². The van der Waals surface area contributed by atoms with Crippen LogP contribution in [0, 0.1) is 0 Å². The Morgan fingerprint density at radius 2 is 2.14 bits per heavy atom. The molecule has 1 aromatic rings. The van der Waals surface area contributed by atoms with Crippen molar-refractivity contribution in [2.24, 2.45) is 0 Å². The van der Waals surface area contributed by atoms with Gasteiger partial charge in [0.25, 0.3) is 0 Å². The highest BCUT2D eigenvalue weighted by Gasteiger charge is 2.34. The lowest BCUT2D eigenvalue weighted by Crippen LogP contribution is -2.34. The Morgan fingerprint density at radius 3 is 2.57 bits per heavy atom. The summed E-state index contributed by atoms with van der Waals surface area (Å²) in [5, 5.41) is 9.12. The van der Waals surface area contributed by atoms with Crippen LogP contribution >= 0.6 is 0 Å². The number of sulfonamides is 1. The number of hydrogen-bond acceptors (Lipinski definition) is 4. The molecule has 21 heavy (non-hydrogen) atoms. The van der Waals surface area contributed by atoms with Crippen molar-refractivity contribution in [2.75, 3.05) is 27.2 Å². The fourth-order valence-electron chi connectivity index (χ4n) is 2.56. The Labute approximate surface area is 124 Å². The molecule has 1 N–H and O–H groups in total. The summed E-state index contributed by atoms with van der Waals surface area (Å²) in [6.07, 6.45) is 2.19. The molecule has 0 saturated carbocycles. The number of carboxylic acid groups (broad SMARTS) is 1. The van der Waals surface area contributed by atoms with Gasteiger partial charge < -0.3 is 14.6 Å². The van der Waals surface area contributed by atoms with E-state index in [1.807, 2.05) is 19.0 Å². The molecule has 7 nitrogen and oxygen atoms in total. The highest BCUT2D eigenvalue weighted by Crippen LogP contribution is 2.24. The molecule has 1 aliphatic heterocycles. The minimum atomic E-state index is -3.63. The minimum Gasteiger partial charge on any atom is -0.477 e. The Kier molecular flexibility index (Phi) is 4.40. The number of rotatable bonds is 5. The predicted octanol–water partition coefficient (Wildman–Crippen LogP) is 0.531. The lowest BCUT2D eigenvalue weighted by atomic mass is 10.2. The summed E-state index contributed by atoms with van der Waals surface area (Å²) in [6.45, 7) is 3.10. The van der Waals surface area contributed by atoms with Crippen molar-refractivity contribution in [3.8, 4) is 0 Å². The summed E-state index contributed by atoms with van der Waals surface area (Å²) < 4.78 is 28.1. The average molecular weight is 315 g/mol. The average Bonchev–Trinajstić information content (AvgIpc) is 3.06. The first-order valence-electron chi connectivity index (χ1n) is 6.87. The molecule has 1 unspecified atom stereocenters. The molecule has 0 radical (unpaired) electrons. The molecule has 0 aliphatic carbocycles. The van der Waals surface area contributed by atoms with E-state index in [1.54, 1.807) is 6.92 Å². The summed E-state index contributed by atoms with van der Waals surface area (Å²) in [7, 11) is 0.227. The van der Waals surface area contributed by atoms with Crippen LogP contribution in [0.5, 0.6) is 0 Å². The van der Waals surface area contributed by atoms with Crippen molar-refractivity contribution in [3.05, 3.63) is 18.0 Å². The molecule has 0 bridgehead atoms. The smallest absolute Gasteiger partial charge is 0.352 e. The van der Waals surface area contributed by atoms with E-state index in [9.17, 15) is 13.2 Å². The third-order valence-electron chi connectivity index (χ3n) is 3.93. The van der Waals surface area contributed by atoms with Crippen molar-refractivity contribution in [2.45, 2.75) is 30.8 Å². The van der Waals surface area contributed by atoms with Gasteiger partial charge in [0.05, 0.1) is 0 Å². The van der Waals surface area contributed by atoms with Gasteiger partial charge in [-0.25, -0.2) is 13.2 Å². The second-order valence-electron chi connectivity index (χ2n) is 5.42. The molecule has 118 valence electrons. The van der Waals surface area contributed by atoms with Crippen molar-refractivity contribution < 1.29 is 18.3 Å². The van der Waals surface area contributed by atoms with Gasteiger partial charge >= 0.3 is 5.97 Å². The van der Waals surface area contributed by atoms with Gasteiger partial charge in [-0.1, -0.05) is 0 Å². The van der Waals surface area contributed by atoms with Gasteiger partial charge in [-0.05, 0) is 33.5 Å². The highest BCUT2D eigenvalue weighted by molar-refractivity contribution is 7.89. The molecule has 1 aromatic heterocycles. The molecule has 1 saturated heterocycles. The van der Waals surface area contributed by atoms with E-state index in [0.29, 0.717) is 19.6 Å². The molecule has 2 heterocycles. The van der Waals surface area contributed by atoms with Crippen molar-refractivity contribution in [1.29, 1.82) is 0 Å². The molecule has 0 spiro atoms. The summed E-state index contributed by atoms with van der Waals surface area (Å²) in [5.41, 5.74) is -0.000526. The molecular weight excluding hydrogens is 294 g/mol. The third kappa shape index (κ3) is 2.97. The Balaban J connectivity index is 2.31.